The van der Waals surface area contributed by atoms with Crippen molar-refractivity contribution < 1.29 is 9.32 Å². The Bertz CT molecular complexity index is 864. The van der Waals surface area contributed by atoms with Crippen LogP contribution < -0.4 is 5.32 Å². The number of rotatable bonds is 8. The summed E-state index contributed by atoms with van der Waals surface area (Å²) in [5.41, 5.74) is 0.884. The minimum atomic E-state index is 0.105. The summed E-state index contributed by atoms with van der Waals surface area (Å²) in [6, 6.07) is 7.40. The first-order chi connectivity index (χ1) is 15.6. The number of aromatic nitrogens is 2. The van der Waals surface area contributed by atoms with Gasteiger partial charge in [-0.25, -0.2) is 0 Å². The fraction of sp³-hybridized carbons (Fsp3) is 0.625. The van der Waals surface area contributed by atoms with Crippen molar-refractivity contribution in [3.8, 4) is 11.4 Å². The molecule has 4 rings (SSSR count). The Labute approximate surface area is 195 Å². The second kappa shape index (κ2) is 11.3. The highest BCUT2D eigenvalue weighted by molar-refractivity contribution is 6.30. The summed E-state index contributed by atoms with van der Waals surface area (Å²) in [6.07, 6.45) is 5.42. The number of benzene rings is 1. The first kappa shape index (κ1) is 23.2. The summed E-state index contributed by atoms with van der Waals surface area (Å²) < 4.78 is 5.43. The van der Waals surface area contributed by atoms with E-state index in [0.29, 0.717) is 23.3 Å². The Hall–Kier alpha value is -1.96. The van der Waals surface area contributed by atoms with Crippen molar-refractivity contribution in [2.75, 3.05) is 39.3 Å². The highest BCUT2D eigenvalue weighted by atomic mass is 35.5. The topological polar surface area (TPSA) is 74.5 Å². The van der Waals surface area contributed by atoms with E-state index in [1.54, 1.807) is 0 Å². The molecule has 2 aliphatic heterocycles. The first-order valence-electron chi connectivity index (χ1n) is 11.9. The van der Waals surface area contributed by atoms with Crippen molar-refractivity contribution in [2.24, 2.45) is 11.8 Å². The van der Waals surface area contributed by atoms with Gasteiger partial charge in [0, 0.05) is 29.6 Å². The van der Waals surface area contributed by atoms with Gasteiger partial charge in [-0.1, -0.05) is 23.7 Å². The molecule has 1 N–H and O–H groups in total. The number of carbonyl (C=O) groups excluding carboxylic acids is 1. The summed E-state index contributed by atoms with van der Waals surface area (Å²) in [6.45, 7) is 8.95. The summed E-state index contributed by atoms with van der Waals surface area (Å²) in [4.78, 5) is 21.9. The van der Waals surface area contributed by atoms with Crippen molar-refractivity contribution >= 4 is 17.5 Å². The summed E-state index contributed by atoms with van der Waals surface area (Å²) in [7, 11) is 0. The largest absolute Gasteiger partial charge is 0.356 e. The average Bonchev–Trinajstić information content (AvgIpc) is 3.26. The second-order valence-corrected chi connectivity index (χ2v) is 9.70. The van der Waals surface area contributed by atoms with Crippen LogP contribution >= 0.6 is 11.6 Å². The van der Waals surface area contributed by atoms with Crippen LogP contribution in [-0.2, 0) is 11.3 Å². The molecule has 0 aliphatic carbocycles. The molecule has 2 aromatic rings. The number of nitrogens with one attached hydrogen (secondary N) is 1. The molecule has 0 bridgehead atoms. The molecule has 8 heteroatoms. The average molecular weight is 460 g/mol. The number of nitrogens with zero attached hydrogens (tertiary/aromatic N) is 4. The molecule has 1 atom stereocenters. The van der Waals surface area contributed by atoms with Gasteiger partial charge in [-0.3, -0.25) is 9.69 Å². The third-order valence-electron chi connectivity index (χ3n) is 6.58. The lowest BCUT2D eigenvalue weighted by molar-refractivity contribution is -0.126. The Morgan fingerprint density at radius 1 is 1.16 bits per heavy atom. The zero-order valence-corrected chi connectivity index (χ0v) is 19.7. The third kappa shape index (κ3) is 6.53. The lowest BCUT2D eigenvalue weighted by Gasteiger charge is -2.31. The molecule has 32 heavy (non-hydrogen) atoms. The van der Waals surface area contributed by atoms with Crippen LogP contribution in [-0.4, -0.2) is 65.1 Å². The van der Waals surface area contributed by atoms with Gasteiger partial charge < -0.3 is 14.7 Å². The van der Waals surface area contributed by atoms with Crippen LogP contribution in [0, 0.1) is 11.8 Å². The fourth-order valence-corrected chi connectivity index (χ4v) is 4.85. The molecule has 1 amide bonds. The highest BCUT2D eigenvalue weighted by Crippen LogP contribution is 2.22. The second-order valence-electron chi connectivity index (χ2n) is 9.26. The van der Waals surface area contributed by atoms with Crippen LogP contribution in [0.4, 0.5) is 0 Å². The smallest absolute Gasteiger partial charge is 0.241 e. The molecular weight excluding hydrogens is 426 g/mol. The third-order valence-corrected chi connectivity index (χ3v) is 6.83. The SMILES string of the molecule is CC1CCCN(CCCNC(=O)C2CCN(Cc3nc(-c4ccc(Cl)cc4)no3)CC2)C1. The molecule has 2 saturated heterocycles. The van der Waals surface area contributed by atoms with Gasteiger partial charge in [0.05, 0.1) is 6.54 Å². The maximum Gasteiger partial charge on any atom is 0.241 e. The van der Waals surface area contributed by atoms with Gasteiger partial charge in [-0.05, 0) is 88.5 Å². The van der Waals surface area contributed by atoms with Crippen LogP contribution in [0.3, 0.4) is 0 Å². The van der Waals surface area contributed by atoms with Gasteiger partial charge in [0.1, 0.15) is 0 Å². The number of amides is 1. The van der Waals surface area contributed by atoms with Crippen molar-refractivity contribution in [2.45, 2.75) is 45.6 Å². The molecule has 174 valence electrons. The Kier molecular flexibility index (Phi) is 8.16. The van der Waals surface area contributed by atoms with Gasteiger partial charge in [-0.15, -0.1) is 0 Å². The molecule has 1 aromatic carbocycles. The zero-order valence-electron chi connectivity index (χ0n) is 18.9. The number of likely N-dealkylation sites (tertiary alicyclic amines) is 2. The van der Waals surface area contributed by atoms with Crippen molar-refractivity contribution in [1.29, 1.82) is 0 Å². The molecule has 0 saturated carbocycles. The Balaban J connectivity index is 1.14. The van der Waals surface area contributed by atoms with Gasteiger partial charge >= 0.3 is 0 Å². The number of hydrogen-bond donors (Lipinski definition) is 1. The molecular formula is C24H34ClN5O2. The lowest BCUT2D eigenvalue weighted by Crippen LogP contribution is -2.41. The van der Waals surface area contributed by atoms with E-state index in [-0.39, 0.29) is 11.8 Å². The minimum Gasteiger partial charge on any atom is -0.356 e. The van der Waals surface area contributed by atoms with E-state index in [1.807, 2.05) is 24.3 Å². The zero-order chi connectivity index (χ0) is 22.3. The van der Waals surface area contributed by atoms with Crippen molar-refractivity contribution in [1.82, 2.24) is 25.3 Å². The lowest BCUT2D eigenvalue weighted by atomic mass is 9.96. The first-order valence-corrected chi connectivity index (χ1v) is 12.3. The Morgan fingerprint density at radius 2 is 1.94 bits per heavy atom. The quantitative estimate of drug-likeness (QED) is 0.604. The maximum absolute atomic E-state index is 12.6. The van der Waals surface area contributed by atoms with E-state index in [1.165, 1.54) is 25.9 Å². The van der Waals surface area contributed by atoms with Crippen LogP contribution in [0.2, 0.25) is 5.02 Å². The van der Waals surface area contributed by atoms with E-state index in [0.717, 1.165) is 56.9 Å². The number of halogens is 1. The molecule has 1 unspecified atom stereocenters. The maximum atomic E-state index is 12.6. The van der Waals surface area contributed by atoms with Crippen LogP contribution in [0.1, 0.15) is 44.9 Å². The van der Waals surface area contributed by atoms with Crippen molar-refractivity contribution in [3.05, 3.63) is 35.2 Å². The van der Waals surface area contributed by atoms with Crippen LogP contribution in [0.25, 0.3) is 11.4 Å². The predicted octanol–water partition coefficient (Wildman–Crippen LogP) is 3.84. The summed E-state index contributed by atoms with van der Waals surface area (Å²) in [5.74, 6) is 2.29. The summed E-state index contributed by atoms with van der Waals surface area (Å²) >= 11 is 5.94. The van der Waals surface area contributed by atoms with Gasteiger partial charge in [0.15, 0.2) is 0 Å². The Morgan fingerprint density at radius 3 is 2.69 bits per heavy atom. The highest BCUT2D eigenvalue weighted by Gasteiger charge is 2.26. The van der Waals surface area contributed by atoms with E-state index >= 15 is 0 Å². The normalized spacial score (nSPS) is 21.0. The number of carbonyl (C=O) groups is 1. The standard InChI is InChI=1S/C24H34ClN5O2/c1-18-4-2-12-29(16-18)13-3-11-26-24(31)20-9-14-30(15-10-20)17-22-27-23(28-32-22)19-5-7-21(25)8-6-19/h5-8,18,20H,2-4,9-17H2,1H3,(H,26,31). The molecule has 2 fully saturated rings. The van der Waals surface area contributed by atoms with E-state index in [2.05, 4.69) is 32.2 Å². The van der Waals surface area contributed by atoms with Crippen molar-refractivity contribution in [3.63, 3.8) is 0 Å². The van der Waals surface area contributed by atoms with Crippen LogP contribution in [0.15, 0.2) is 28.8 Å². The van der Waals surface area contributed by atoms with Crippen LogP contribution in [0.5, 0.6) is 0 Å². The van der Waals surface area contributed by atoms with E-state index in [4.69, 9.17) is 16.1 Å². The molecule has 3 heterocycles. The van der Waals surface area contributed by atoms with Gasteiger partial charge in [0.25, 0.3) is 0 Å². The molecule has 0 radical (unpaired) electrons. The molecule has 1 aromatic heterocycles. The molecule has 2 aliphatic rings. The van der Waals surface area contributed by atoms with Gasteiger partial charge in [0.2, 0.25) is 17.6 Å². The minimum absolute atomic E-state index is 0.105. The van der Waals surface area contributed by atoms with E-state index in [9.17, 15) is 4.79 Å². The predicted molar refractivity (Wildman–Crippen MR) is 125 cm³/mol. The number of hydrogen-bond acceptors (Lipinski definition) is 6. The molecule has 0 spiro atoms. The van der Waals surface area contributed by atoms with Gasteiger partial charge in [-0.2, -0.15) is 4.98 Å². The monoisotopic (exact) mass is 459 g/mol. The fourth-order valence-electron chi connectivity index (χ4n) is 4.73. The summed E-state index contributed by atoms with van der Waals surface area (Å²) in [5, 5.41) is 7.92. The molecule has 7 nitrogen and oxygen atoms in total. The number of piperidine rings is 2. The van der Waals surface area contributed by atoms with E-state index < -0.39 is 0 Å².